The Morgan fingerprint density at radius 2 is 1.61 bits per heavy atom. The fourth-order valence-electron chi connectivity index (χ4n) is 7.23. The second-order valence-electron chi connectivity index (χ2n) is 12.0. The number of allylic oxidation sites excluding steroid dienone is 4. The fourth-order valence-corrected chi connectivity index (χ4v) is 11.0. The summed E-state index contributed by atoms with van der Waals surface area (Å²) in [5.41, 5.74) is 14.5. The Labute approximate surface area is 233 Å². The molecule has 0 saturated heterocycles. The van der Waals surface area contributed by atoms with E-state index in [2.05, 4.69) is 124 Å². The molecule has 3 aliphatic carbocycles. The first-order valence-electron chi connectivity index (χ1n) is 13.5. The third kappa shape index (κ3) is 3.95. The van der Waals surface area contributed by atoms with E-state index in [1.54, 1.807) is 33.4 Å². The van der Waals surface area contributed by atoms with Gasteiger partial charge in [-0.1, -0.05) is 0 Å². The van der Waals surface area contributed by atoms with Crippen LogP contribution in [0.25, 0.3) is 11.1 Å². The van der Waals surface area contributed by atoms with E-state index >= 15 is 0 Å². The zero-order chi connectivity index (χ0) is 24.4. The maximum absolute atomic E-state index is 2.74. The van der Waals surface area contributed by atoms with Crippen molar-refractivity contribution in [3.05, 3.63) is 118 Å². The van der Waals surface area contributed by atoms with Crippen molar-refractivity contribution in [1.29, 1.82) is 0 Å². The molecule has 180 valence electrons. The van der Waals surface area contributed by atoms with Crippen molar-refractivity contribution in [1.82, 2.24) is 0 Å². The van der Waals surface area contributed by atoms with E-state index in [0.717, 1.165) is 6.42 Å². The fraction of sp³-hybridized carbons (Fsp3) is 0.333. The van der Waals surface area contributed by atoms with Gasteiger partial charge in [0.2, 0.25) is 0 Å². The summed E-state index contributed by atoms with van der Waals surface area (Å²) in [7, 11) is -1.86. The summed E-state index contributed by atoms with van der Waals surface area (Å²) in [4.78, 5) is 0. The van der Waals surface area contributed by atoms with Crippen LogP contribution in [0.2, 0.25) is 13.1 Å². The molecule has 3 heteroatoms. The molecular weight excluding hydrogens is 467 g/mol. The zero-order valence-electron chi connectivity index (χ0n) is 22.4. The van der Waals surface area contributed by atoms with Gasteiger partial charge in [0.15, 0.2) is 0 Å². The third-order valence-electron chi connectivity index (χ3n) is 9.75. The van der Waals surface area contributed by atoms with Gasteiger partial charge < -0.3 is 0 Å². The summed E-state index contributed by atoms with van der Waals surface area (Å²) in [5, 5.41) is 0. The van der Waals surface area contributed by atoms with Crippen LogP contribution in [0.5, 0.6) is 0 Å². The number of hydrogen-bond acceptors (Lipinski definition) is 0. The standard InChI is InChI=1S/C33H35Si.ClH.Li/c1-22(24-11-6-5-7-12-24)17-27-21-33(31-20-26-14-10-13-25(26)19-30(27)31)34(3,4)32-18-23(2)28-15-8-9-16-29(28)32;;/h5-9,11-12,15-16,18-22,32H,10,13-14,17H2,1-4H3;1H;. The van der Waals surface area contributed by atoms with Crippen molar-refractivity contribution < 1.29 is 0 Å². The first-order valence-corrected chi connectivity index (χ1v) is 16.6. The maximum atomic E-state index is 2.74. The van der Waals surface area contributed by atoms with Gasteiger partial charge in [0.1, 0.15) is 0 Å². The Hall–Kier alpha value is -1.76. The van der Waals surface area contributed by atoms with Gasteiger partial charge in [-0.2, -0.15) is 0 Å². The van der Waals surface area contributed by atoms with Gasteiger partial charge >= 0.3 is 223 Å². The molecule has 0 heterocycles. The van der Waals surface area contributed by atoms with Crippen LogP contribution < -0.4 is 0 Å². The van der Waals surface area contributed by atoms with E-state index in [1.165, 1.54) is 36.0 Å². The number of halogens is 1. The first kappa shape index (κ1) is 25.9. The predicted octanol–water partition coefficient (Wildman–Crippen LogP) is 8.54. The molecule has 0 amide bonds. The van der Waals surface area contributed by atoms with Crippen LogP contribution in [0, 0.1) is 0 Å². The van der Waals surface area contributed by atoms with Crippen molar-refractivity contribution >= 4 is 49.3 Å². The van der Waals surface area contributed by atoms with Crippen LogP contribution in [0.15, 0.2) is 78.9 Å². The molecule has 0 spiro atoms. The number of benzene rings is 3. The molecule has 0 fully saturated rings. The molecule has 36 heavy (non-hydrogen) atoms. The third-order valence-corrected chi connectivity index (χ3v) is 14.9. The molecule has 0 saturated carbocycles. The minimum absolute atomic E-state index is 0. The Morgan fingerprint density at radius 1 is 0.944 bits per heavy atom. The average molecular weight is 503 g/mol. The predicted molar refractivity (Wildman–Crippen MR) is 161 cm³/mol. The molecule has 0 aromatic heterocycles. The average Bonchev–Trinajstić information content (AvgIpc) is 3.54. The van der Waals surface area contributed by atoms with Crippen LogP contribution in [0.4, 0.5) is 0 Å². The van der Waals surface area contributed by atoms with Crippen molar-refractivity contribution in [2.45, 2.75) is 67.8 Å². The van der Waals surface area contributed by atoms with Crippen molar-refractivity contribution in [2.75, 3.05) is 0 Å². The van der Waals surface area contributed by atoms with Crippen molar-refractivity contribution in [3.8, 4) is 0 Å². The van der Waals surface area contributed by atoms with Crippen molar-refractivity contribution in [2.24, 2.45) is 0 Å². The molecule has 3 aliphatic rings. The van der Waals surface area contributed by atoms with E-state index < -0.39 is 8.07 Å². The Bertz CT molecular complexity index is 1370. The van der Waals surface area contributed by atoms with Crippen LogP contribution in [-0.4, -0.2) is 25.8 Å². The normalized spacial score (nSPS) is 22.8. The van der Waals surface area contributed by atoms with Crippen LogP contribution in [-0.2, 0) is 16.6 Å². The van der Waals surface area contributed by atoms with Gasteiger partial charge in [-0.05, 0) is 0 Å². The summed E-state index contributed by atoms with van der Waals surface area (Å²) in [6.45, 7) is 10.0. The Kier molecular flexibility index (Phi) is 6.85. The SMILES string of the molecule is Cl.[Li][C]1([Si](C)(C)C2C=C(C)c3ccccc32)C=C(CC(C)c2ccccc2)c2cc3c(cc21)CCC3. The van der Waals surface area contributed by atoms with Crippen LogP contribution in [0.1, 0.15) is 77.1 Å². The molecule has 0 radical (unpaired) electrons. The molecular formula is C33H36ClLiSi. The summed E-state index contributed by atoms with van der Waals surface area (Å²) < 4.78 is 0.116. The summed E-state index contributed by atoms with van der Waals surface area (Å²) >= 11 is 2.59. The summed E-state index contributed by atoms with van der Waals surface area (Å²) in [5.74, 6) is 0.519. The Morgan fingerprint density at radius 3 is 2.36 bits per heavy atom. The number of rotatable bonds is 5. The molecule has 3 unspecified atom stereocenters. The van der Waals surface area contributed by atoms with E-state index in [1.807, 2.05) is 0 Å². The van der Waals surface area contributed by atoms with Gasteiger partial charge in [-0.3, -0.25) is 0 Å². The van der Waals surface area contributed by atoms with Crippen LogP contribution >= 0.6 is 12.4 Å². The summed E-state index contributed by atoms with van der Waals surface area (Å²) in [6.07, 6.45) is 10.3. The molecule has 0 N–H and O–H groups in total. The number of fused-ring (bicyclic) bond motifs is 3. The van der Waals surface area contributed by atoms with E-state index in [4.69, 9.17) is 0 Å². The van der Waals surface area contributed by atoms with Gasteiger partial charge in [0.05, 0.1) is 0 Å². The summed E-state index contributed by atoms with van der Waals surface area (Å²) in [6, 6.07) is 25.5. The van der Waals surface area contributed by atoms with Gasteiger partial charge in [0, 0.05) is 0 Å². The molecule has 0 aliphatic heterocycles. The molecule has 3 aromatic rings. The molecule has 6 rings (SSSR count). The zero-order valence-corrected chi connectivity index (χ0v) is 24.2. The quantitative estimate of drug-likeness (QED) is 0.306. The Balaban J connectivity index is 0.00000267. The van der Waals surface area contributed by atoms with Crippen molar-refractivity contribution in [3.63, 3.8) is 0 Å². The molecule has 0 nitrogen and oxygen atoms in total. The second-order valence-corrected chi connectivity index (χ2v) is 17.1. The molecule has 3 atom stereocenters. The number of hydrogen-bond donors (Lipinski definition) is 0. The van der Waals surface area contributed by atoms with Gasteiger partial charge in [0.25, 0.3) is 0 Å². The van der Waals surface area contributed by atoms with E-state index in [0.29, 0.717) is 11.5 Å². The van der Waals surface area contributed by atoms with Crippen LogP contribution in [0.3, 0.4) is 0 Å². The topological polar surface area (TPSA) is 0 Å². The molecule has 3 aromatic carbocycles. The number of aryl methyl sites for hydroxylation is 2. The van der Waals surface area contributed by atoms with Gasteiger partial charge in [-0.15, -0.1) is 12.4 Å². The minimum atomic E-state index is -1.86. The monoisotopic (exact) mass is 502 g/mol. The molecule has 0 bridgehead atoms. The van der Waals surface area contributed by atoms with Gasteiger partial charge in [-0.25, -0.2) is 0 Å². The second kappa shape index (κ2) is 9.52. The van der Waals surface area contributed by atoms with E-state index in [9.17, 15) is 0 Å². The van der Waals surface area contributed by atoms with E-state index in [-0.39, 0.29) is 16.1 Å². The first-order chi connectivity index (χ1) is 16.8.